The van der Waals surface area contributed by atoms with Crippen molar-refractivity contribution in [3.05, 3.63) is 77.5 Å². The summed E-state index contributed by atoms with van der Waals surface area (Å²) < 4.78 is 12.9. The predicted octanol–water partition coefficient (Wildman–Crippen LogP) is 3.59. The molecule has 172 valence electrons. The lowest BCUT2D eigenvalue weighted by atomic mass is 10.00. The molecule has 0 aliphatic rings. The maximum Gasteiger partial charge on any atom is 0.344 e. The van der Waals surface area contributed by atoms with E-state index in [4.69, 9.17) is 15.2 Å². The van der Waals surface area contributed by atoms with E-state index in [0.717, 1.165) is 11.1 Å². The van der Waals surface area contributed by atoms with Crippen molar-refractivity contribution in [3.63, 3.8) is 0 Å². The van der Waals surface area contributed by atoms with Crippen molar-refractivity contribution in [1.29, 1.82) is 0 Å². The summed E-state index contributed by atoms with van der Waals surface area (Å²) in [7, 11) is 0. The molecule has 0 bridgehead atoms. The van der Waals surface area contributed by atoms with Crippen LogP contribution in [0.15, 0.2) is 55.1 Å². The molecule has 0 saturated heterocycles. The number of rotatable bonds is 11. The molecule has 1 aromatic heterocycles. The molecule has 33 heavy (non-hydrogen) atoms. The lowest BCUT2D eigenvalue weighted by molar-refractivity contribution is -0.145. The number of hydrogen-bond donors (Lipinski definition) is 1. The number of carbonyl (C=O) groups excluding carboxylic acids is 3. The van der Waals surface area contributed by atoms with E-state index in [1.165, 1.54) is 0 Å². The molecule has 0 saturated carbocycles. The number of fused-ring (bicyclic) bond motifs is 1. The Morgan fingerprint density at radius 3 is 2.42 bits per heavy atom. The topological polar surface area (TPSA) is 101 Å². The minimum atomic E-state index is -1.05. The second-order valence-electron chi connectivity index (χ2n) is 7.47. The number of benzene rings is 2. The van der Waals surface area contributed by atoms with Crippen molar-refractivity contribution >= 4 is 28.6 Å². The predicted molar refractivity (Wildman–Crippen MR) is 126 cm³/mol. The van der Waals surface area contributed by atoms with Gasteiger partial charge in [0.2, 0.25) is 0 Å². The van der Waals surface area contributed by atoms with Gasteiger partial charge in [0, 0.05) is 12.2 Å². The third-order valence-corrected chi connectivity index (χ3v) is 5.35. The molecule has 0 fully saturated rings. The fourth-order valence-corrected chi connectivity index (χ4v) is 4.00. The van der Waals surface area contributed by atoms with E-state index < -0.39 is 17.7 Å². The Hall–Kier alpha value is -3.87. The summed E-state index contributed by atoms with van der Waals surface area (Å²) in [4.78, 5) is 37.0. The van der Waals surface area contributed by atoms with Gasteiger partial charge < -0.3 is 19.8 Å². The largest absolute Gasteiger partial charge is 0.481 e. The number of amides is 1. The van der Waals surface area contributed by atoms with E-state index in [0.29, 0.717) is 41.7 Å². The van der Waals surface area contributed by atoms with Gasteiger partial charge in [-0.15, -0.1) is 6.58 Å². The second kappa shape index (κ2) is 10.6. The number of nitrogens with two attached hydrogens (primary N) is 1. The molecule has 7 nitrogen and oxygen atoms in total. The number of aromatic nitrogens is 1. The first-order valence-corrected chi connectivity index (χ1v) is 10.9. The normalized spacial score (nSPS) is 10.7. The average molecular weight is 449 g/mol. The third kappa shape index (κ3) is 4.98. The second-order valence-corrected chi connectivity index (χ2v) is 7.47. The molecule has 0 atom stereocenters. The molecule has 0 aliphatic carbocycles. The average Bonchev–Trinajstić information content (AvgIpc) is 3.11. The van der Waals surface area contributed by atoms with Crippen LogP contribution < -0.4 is 10.5 Å². The highest BCUT2D eigenvalue weighted by molar-refractivity contribution is 6.45. The van der Waals surface area contributed by atoms with Crippen LogP contribution in [0.1, 0.15) is 41.0 Å². The number of primary amides is 1. The Morgan fingerprint density at radius 2 is 1.82 bits per heavy atom. The van der Waals surface area contributed by atoms with Crippen molar-refractivity contribution in [1.82, 2.24) is 4.57 Å². The highest BCUT2D eigenvalue weighted by atomic mass is 16.6. The number of esters is 1. The van der Waals surface area contributed by atoms with Crippen LogP contribution in [0, 0.1) is 0 Å². The molecule has 2 aromatic carbocycles. The minimum absolute atomic E-state index is 0.209. The molecular formula is C26H28N2O5. The van der Waals surface area contributed by atoms with E-state index in [1.54, 1.807) is 13.0 Å². The quantitative estimate of drug-likeness (QED) is 0.209. The molecule has 7 heteroatoms. The van der Waals surface area contributed by atoms with Crippen LogP contribution in [0.2, 0.25) is 0 Å². The summed E-state index contributed by atoms with van der Waals surface area (Å²) in [5.41, 5.74) is 8.79. The van der Waals surface area contributed by atoms with Gasteiger partial charge in [-0.3, -0.25) is 9.59 Å². The van der Waals surface area contributed by atoms with E-state index in [1.807, 2.05) is 54.0 Å². The van der Waals surface area contributed by atoms with Crippen LogP contribution in [0.4, 0.5) is 0 Å². The molecule has 1 heterocycles. The van der Waals surface area contributed by atoms with E-state index in [2.05, 4.69) is 6.58 Å². The van der Waals surface area contributed by atoms with Gasteiger partial charge in [-0.05, 0) is 37.0 Å². The molecule has 0 unspecified atom stereocenters. The van der Waals surface area contributed by atoms with Gasteiger partial charge >= 0.3 is 5.97 Å². The van der Waals surface area contributed by atoms with Crippen molar-refractivity contribution in [2.45, 2.75) is 33.2 Å². The van der Waals surface area contributed by atoms with Crippen LogP contribution in [0.5, 0.6) is 5.75 Å². The van der Waals surface area contributed by atoms with Crippen molar-refractivity contribution in [3.8, 4) is 5.75 Å². The van der Waals surface area contributed by atoms with Gasteiger partial charge in [0.05, 0.1) is 23.1 Å². The molecule has 0 spiro atoms. The van der Waals surface area contributed by atoms with E-state index in [-0.39, 0.29) is 18.8 Å². The zero-order valence-electron chi connectivity index (χ0n) is 18.9. The van der Waals surface area contributed by atoms with Crippen molar-refractivity contribution < 1.29 is 23.9 Å². The summed E-state index contributed by atoms with van der Waals surface area (Å²) in [6.07, 6.45) is 2.64. The van der Waals surface area contributed by atoms with E-state index in [9.17, 15) is 14.4 Å². The van der Waals surface area contributed by atoms with Gasteiger partial charge in [-0.25, -0.2) is 4.79 Å². The smallest absolute Gasteiger partial charge is 0.344 e. The van der Waals surface area contributed by atoms with Gasteiger partial charge in [0.1, 0.15) is 5.75 Å². The molecule has 2 N–H and O–H groups in total. The van der Waals surface area contributed by atoms with Gasteiger partial charge in [0.15, 0.2) is 6.61 Å². The van der Waals surface area contributed by atoms with Gasteiger partial charge in [-0.2, -0.15) is 0 Å². The lowest BCUT2D eigenvalue weighted by Gasteiger charge is -2.13. The summed E-state index contributed by atoms with van der Waals surface area (Å²) in [5, 5.41) is 0.468. The van der Waals surface area contributed by atoms with E-state index >= 15 is 0 Å². The molecule has 1 amide bonds. The number of carbonyl (C=O) groups is 3. The summed E-state index contributed by atoms with van der Waals surface area (Å²) in [6, 6.07) is 13.6. The lowest BCUT2D eigenvalue weighted by Crippen LogP contribution is -2.24. The monoisotopic (exact) mass is 448 g/mol. The molecule has 3 aromatic rings. The highest BCUT2D eigenvalue weighted by Gasteiger charge is 2.28. The summed E-state index contributed by atoms with van der Waals surface area (Å²) in [5.74, 6) is -2.01. The number of nitrogens with zero attached hydrogens (tertiary/aromatic N) is 1. The Balaban J connectivity index is 2.30. The fraction of sp³-hybridized carbons (Fsp3) is 0.269. The molecule has 3 rings (SSSR count). The number of ketones is 1. The zero-order valence-corrected chi connectivity index (χ0v) is 18.9. The number of ether oxygens (including phenoxy) is 2. The zero-order chi connectivity index (χ0) is 24.0. The molecule has 0 aliphatic heterocycles. The molecule has 0 radical (unpaired) electrons. The first-order chi connectivity index (χ1) is 15.9. The summed E-state index contributed by atoms with van der Waals surface area (Å²) in [6.45, 7) is 7.80. The fourth-order valence-electron chi connectivity index (χ4n) is 4.00. The Kier molecular flexibility index (Phi) is 7.66. The van der Waals surface area contributed by atoms with Crippen LogP contribution in [0.3, 0.4) is 0 Å². The third-order valence-electron chi connectivity index (χ3n) is 5.35. The Labute approximate surface area is 192 Å². The number of allylic oxidation sites excluding steroid dienone is 1. The van der Waals surface area contributed by atoms with Gasteiger partial charge in [-0.1, -0.05) is 49.4 Å². The van der Waals surface area contributed by atoms with Crippen LogP contribution in [0.25, 0.3) is 10.9 Å². The number of Topliss-reactive ketones (excluding diaryl/α,β-unsaturated/α-hetero) is 1. The molecular weight excluding hydrogens is 420 g/mol. The Morgan fingerprint density at radius 1 is 1.09 bits per heavy atom. The summed E-state index contributed by atoms with van der Waals surface area (Å²) >= 11 is 0. The number of hydrogen-bond acceptors (Lipinski definition) is 5. The highest BCUT2D eigenvalue weighted by Crippen LogP contribution is 2.38. The minimum Gasteiger partial charge on any atom is -0.481 e. The standard InChI is InChI=1S/C26H28N2O5/c1-4-10-18-13-14-20-23(25(18)33-16-21(29)32-6-3)22(24(30)26(27)31)19(5-2)28(20)15-17-11-8-7-9-12-17/h4,7-9,11-14H,1,5-6,10,15-16H2,2-3H3,(H2,27,31). The maximum absolute atomic E-state index is 13.0. The SMILES string of the molecule is C=CCc1ccc2c(c1OCC(=O)OCC)c(C(=O)C(N)=O)c(CC)n2Cc1ccccc1. The maximum atomic E-state index is 13.0. The van der Waals surface area contributed by atoms with Crippen LogP contribution in [-0.2, 0) is 33.7 Å². The van der Waals surface area contributed by atoms with Crippen molar-refractivity contribution in [2.75, 3.05) is 13.2 Å². The van der Waals surface area contributed by atoms with Crippen molar-refractivity contribution in [2.24, 2.45) is 5.73 Å². The Bertz CT molecular complexity index is 1190. The first-order valence-electron chi connectivity index (χ1n) is 10.9. The first kappa shape index (κ1) is 23.8. The van der Waals surface area contributed by atoms with Crippen LogP contribution >= 0.6 is 0 Å². The van der Waals surface area contributed by atoms with Crippen LogP contribution in [-0.4, -0.2) is 35.4 Å². The van der Waals surface area contributed by atoms with Gasteiger partial charge in [0.25, 0.3) is 11.7 Å².